The van der Waals surface area contributed by atoms with Crippen molar-refractivity contribution in [2.45, 2.75) is 19.9 Å². The maximum absolute atomic E-state index is 12.5. The molecule has 0 bridgehead atoms. The first-order valence-electron chi connectivity index (χ1n) is 8.75. The quantitative estimate of drug-likeness (QED) is 0.694. The van der Waals surface area contributed by atoms with Crippen LogP contribution in [0, 0.1) is 6.92 Å². The topological polar surface area (TPSA) is 83.9 Å². The van der Waals surface area contributed by atoms with Crippen LogP contribution in [-0.2, 0) is 13.0 Å². The third kappa shape index (κ3) is 5.31. The predicted molar refractivity (Wildman–Crippen MR) is 103 cm³/mol. The summed E-state index contributed by atoms with van der Waals surface area (Å²) in [6, 6.07) is 11.3. The first-order chi connectivity index (χ1) is 13.1. The second kappa shape index (κ2) is 8.84. The summed E-state index contributed by atoms with van der Waals surface area (Å²) in [5.74, 6) is 0.293. The average Bonchev–Trinajstić information content (AvgIpc) is 2.71. The number of aryl methyl sites for hydroxylation is 1. The lowest BCUT2D eigenvalue weighted by atomic mass is 10.2. The summed E-state index contributed by atoms with van der Waals surface area (Å²) in [6.07, 6.45) is 6.11. The molecule has 1 N–H and O–H groups in total. The molecule has 0 aliphatic heterocycles. The SMILES string of the molecule is Cc1cc(C(=O)NCc2ccccn2)nc(N(C)CCc2ccncc2)n1. The van der Waals surface area contributed by atoms with E-state index in [0.717, 1.165) is 24.4 Å². The molecule has 3 aromatic rings. The number of nitrogens with one attached hydrogen (secondary N) is 1. The van der Waals surface area contributed by atoms with Crippen LogP contribution in [0.3, 0.4) is 0 Å². The van der Waals surface area contributed by atoms with Crippen molar-refractivity contribution < 1.29 is 4.79 Å². The molecule has 0 saturated carbocycles. The third-order valence-electron chi connectivity index (χ3n) is 4.06. The van der Waals surface area contributed by atoms with Gasteiger partial charge in [-0.25, -0.2) is 9.97 Å². The highest BCUT2D eigenvalue weighted by Gasteiger charge is 2.13. The van der Waals surface area contributed by atoms with Crippen LogP contribution in [0.1, 0.15) is 27.4 Å². The van der Waals surface area contributed by atoms with Crippen molar-refractivity contribution in [2.75, 3.05) is 18.5 Å². The van der Waals surface area contributed by atoms with Crippen LogP contribution in [0.15, 0.2) is 55.0 Å². The van der Waals surface area contributed by atoms with Gasteiger partial charge in [0.05, 0.1) is 12.2 Å². The van der Waals surface area contributed by atoms with Gasteiger partial charge in [-0.1, -0.05) is 6.07 Å². The second-order valence-electron chi connectivity index (χ2n) is 6.23. The highest BCUT2D eigenvalue weighted by molar-refractivity contribution is 5.92. The fourth-order valence-corrected chi connectivity index (χ4v) is 2.55. The largest absolute Gasteiger partial charge is 0.345 e. The number of aromatic nitrogens is 4. The summed E-state index contributed by atoms with van der Waals surface area (Å²) in [5.41, 5.74) is 3.09. The zero-order valence-electron chi connectivity index (χ0n) is 15.5. The van der Waals surface area contributed by atoms with Crippen LogP contribution in [0.2, 0.25) is 0 Å². The Morgan fingerprint density at radius 3 is 2.67 bits per heavy atom. The van der Waals surface area contributed by atoms with Gasteiger partial charge in [-0.3, -0.25) is 14.8 Å². The predicted octanol–water partition coefficient (Wildman–Crippen LogP) is 2.18. The lowest BCUT2D eigenvalue weighted by Crippen LogP contribution is -2.27. The van der Waals surface area contributed by atoms with Gasteiger partial charge in [-0.2, -0.15) is 0 Å². The smallest absolute Gasteiger partial charge is 0.270 e. The number of pyridine rings is 2. The normalized spacial score (nSPS) is 10.4. The maximum atomic E-state index is 12.5. The minimum atomic E-state index is -0.241. The fourth-order valence-electron chi connectivity index (χ4n) is 2.55. The van der Waals surface area contributed by atoms with Crippen LogP contribution < -0.4 is 10.2 Å². The Labute approximate surface area is 158 Å². The molecule has 0 fully saturated rings. The van der Waals surface area contributed by atoms with Crippen molar-refractivity contribution in [3.8, 4) is 0 Å². The highest BCUT2D eigenvalue weighted by Crippen LogP contribution is 2.10. The second-order valence-corrected chi connectivity index (χ2v) is 6.23. The number of likely N-dealkylation sites (N-methyl/N-ethyl adjacent to an activating group) is 1. The molecule has 0 radical (unpaired) electrons. The Morgan fingerprint density at radius 1 is 1.11 bits per heavy atom. The number of hydrogen-bond acceptors (Lipinski definition) is 6. The van der Waals surface area contributed by atoms with Crippen LogP contribution in [-0.4, -0.2) is 39.4 Å². The third-order valence-corrected chi connectivity index (χ3v) is 4.06. The monoisotopic (exact) mass is 362 g/mol. The van der Waals surface area contributed by atoms with Crippen molar-refractivity contribution in [1.82, 2.24) is 25.3 Å². The summed E-state index contributed by atoms with van der Waals surface area (Å²) in [6.45, 7) is 2.95. The van der Waals surface area contributed by atoms with Crippen LogP contribution in [0.4, 0.5) is 5.95 Å². The summed E-state index contributed by atoms with van der Waals surface area (Å²) < 4.78 is 0. The molecule has 0 aromatic carbocycles. The van der Waals surface area contributed by atoms with Crippen molar-refractivity contribution >= 4 is 11.9 Å². The van der Waals surface area contributed by atoms with Gasteiger partial charge in [-0.05, 0) is 49.2 Å². The zero-order valence-corrected chi connectivity index (χ0v) is 15.5. The molecular weight excluding hydrogens is 340 g/mol. The lowest BCUT2D eigenvalue weighted by Gasteiger charge is -2.18. The summed E-state index contributed by atoms with van der Waals surface area (Å²) in [7, 11) is 1.92. The fraction of sp³-hybridized carbons (Fsp3) is 0.250. The van der Waals surface area contributed by atoms with Crippen LogP contribution in [0.5, 0.6) is 0 Å². The molecule has 3 aromatic heterocycles. The Bertz CT molecular complexity index is 885. The molecule has 0 spiro atoms. The van der Waals surface area contributed by atoms with Gasteiger partial charge in [0.25, 0.3) is 5.91 Å². The molecule has 7 nitrogen and oxygen atoms in total. The van der Waals surface area contributed by atoms with E-state index in [1.165, 1.54) is 5.56 Å². The number of anilines is 1. The van der Waals surface area contributed by atoms with Gasteiger partial charge in [0, 0.05) is 37.9 Å². The minimum Gasteiger partial charge on any atom is -0.345 e. The number of carbonyl (C=O) groups is 1. The van der Waals surface area contributed by atoms with E-state index in [9.17, 15) is 4.79 Å². The molecular formula is C20H22N6O. The zero-order chi connectivity index (χ0) is 19.1. The molecule has 0 unspecified atom stereocenters. The van der Waals surface area contributed by atoms with Crippen molar-refractivity contribution in [1.29, 1.82) is 0 Å². The van der Waals surface area contributed by atoms with Gasteiger partial charge in [0.15, 0.2) is 0 Å². The molecule has 138 valence electrons. The van der Waals surface area contributed by atoms with E-state index in [4.69, 9.17) is 0 Å². The van der Waals surface area contributed by atoms with E-state index < -0.39 is 0 Å². The average molecular weight is 362 g/mol. The Balaban J connectivity index is 1.65. The van der Waals surface area contributed by atoms with Gasteiger partial charge in [0.2, 0.25) is 5.95 Å². The molecule has 0 aliphatic rings. The van der Waals surface area contributed by atoms with E-state index in [2.05, 4.69) is 25.3 Å². The van der Waals surface area contributed by atoms with Gasteiger partial charge < -0.3 is 10.2 Å². The summed E-state index contributed by atoms with van der Waals surface area (Å²) in [4.78, 5) is 31.5. The summed E-state index contributed by atoms with van der Waals surface area (Å²) >= 11 is 0. The first-order valence-corrected chi connectivity index (χ1v) is 8.75. The number of carbonyl (C=O) groups excluding carboxylic acids is 1. The summed E-state index contributed by atoms with van der Waals surface area (Å²) in [5, 5.41) is 2.85. The maximum Gasteiger partial charge on any atom is 0.270 e. The Hall–Kier alpha value is -3.35. The van der Waals surface area contributed by atoms with Crippen LogP contribution in [0.25, 0.3) is 0 Å². The van der Waals surface area contributed by atoms with E-state index in [1.54, 1.807) is 24.7 Å². The molecule has 27 heavy (non-hydrogen) atoms. The van der Waals surface area contributed by atoms with E-state index >= 15 is 0 Å². The Kier molecular flexibility index (Phi) is 6.04. The van der Waals surface area contributed by atoms with Crippen LogP contribution >= 0.6 is 0 Å². The molecule has 0 aliphatic carbocycles. The number of nitrogens with zero attached hydrogens (tertiary/aromatic N) is 5. The molecule has 0 saturated heterocycles. The molecule has 3 rings (SSSR count). The van der Waals surface area contributed by atoms with E-state index in [1.807, 2.05) is 49.2 Å². The molecule has 0 atom stereocenters. The number of hydrogen-bond donors (Lipinski definition) is 1. The molecule has 3 heterocycles. The van der Waals surface area contributed by atoms with E-state index in [-0.39, 0.29) is 5.91 Å². The van der Waals surface area contributed by atoms with Crippen molar-refractivity contribution in [2.24, 2.45) is 0 Å². The van der Waals surface area contributed by atoms with Crippen molar-refractivity contribution in [3.63, 3.8) is 0 Å². The standard InChI is InChI=1S/C20H22N6O/c1-15-13-18(19(27)23-14-17-5-3-4-9-22-17)25-20(24-15)26(2)12-8-16-6-10-21-11-7-16/h3-7,9-11,13H,8,12,14H2,1-2H3,(H,23,27). The van der Waals surface area contributed by atoms with Gasteiger partial charge in [-0.15, -0.1) is 0 Å². The number of amides is 1. The van der Waals surface area contributed by atoms with Crippen molar-refractivity contribution in [3.05, 3.63) is 77.6 Å². The highest BCUT2D eigenvalue weighted by atomic mass is 16.1. The first kappa shape index (κ1) is 18.4. The lowest BCUT2D eigenvalue weighted by molar-refractivity contribution is 0.0945. The Morgan fingerprint density at radius 2 is 1.93 bits per heavy atom. The van der Waals surface area contributed by atoms with Gasteiger partial charge >= 0.3 is 0 Å². The van der Waals surface area contributed by atoms with E-state index in [0.29, 0.717) is 18.2 Å². The number of rotatable bonds is 7. The molecule has 1 amide bonds. The molecule has 7 heteroatoms. The van der Waals surface area contributed by atoms with Gasteiger partial charge in [0.1, 0.15) is 5.69 Å². The minimum absolute atomic E-state index is 0.241.